The second-order valence-corrected chi connectivity index (χ2v) is 4.57. The van der Waals surface area contributed by atoms with Gasteiger partial charge in [0.25, 0.3) is 0 Å². The normalized spacial score (nSPS) is 9.81. The predicted molar refractivity (Wildman–Crippen MR) is 63.9 cm³/mol. The lowest BCUT2D eigenvalue weighted by molar-refractivity contribution is 0.492. The maximum absolute atomic E-state index is 8.84. The van der Waals surface area contributed by atoms with Crippen molar-refractivity contribution in [2.75, 3.05) is 0 Å². The van der Waals surface area contributed by atoms with Crippen LogP contribution in [0.25, 0.3) is 0 Å². The van der Waals surface area contributed by atoms with Crippen LogP contribution in [0.5, 0.6) is 10.8 Å². The van der Waals surface area contributed by atoms with Crippen molar-refractivity contribution < 1.29 is 4.74 Å². The average molecular weight is 317 g/mol. The monoisotopic (exact) mass is 315 g/mol. The number of halogens is 2. The Labute approximate surface area is 109 Å². The summed E-state index contributed by atoms with van der Waals surface area (Å²) in [4.78, 5) is 4.00. The number of aromatic nitrogens is 2. The first-order valence-corrected chi connectivity index (χ1v) is 6.00. The topological polar surface area (TPSA) is 58.8 Å². The largest absolute Gasteiger partial charge is 0.442 e. The van der Waals surface area contributed by atoms with Gasteiger partial charge < -0.3 is 4.74 Å². The molecule has 0 spiro atoms. The maximum atomic E-state index is 8.84. The first-order chi connectivity index (χ1) is 7.70. The molecule has 0 bridgehead atoms. The van der Waals surface area contributed by atoms with Crippen molar-refractivity contribution in [3.63, 3.8) is 0 Å². The van der Waals surface area contributed by atoms with Gasteiger partial charge in [-0.1, -0.05) is 11.6 Å². The Morgan fingerprint density at radius 2 is 2.31 bits per heavy atom. The molecule has 0 aliphatic carbocycles. The first-order valence-electron chi connectivity index (χ1n) is 4.05. The molecule has 2 rings (SSSR count). The van der Waals surface area contributed by atoms with Gasteiger partial charge in [-0.05, 0) is 28.1 Å². The molecular weight excluding hydrogens is 314 g/mol. The first kappa shape index (κ1) is 11.3. The van der Waals surface area contributed by atoms with Crippen LogP contribution in [0.3, 0.4) is 0 Å². The molecule has 0 amide bonds. The minimum Gasteiger partial charge on any atom is -0.442 e. The maximum Gasteiger partial charge on any atom is 0.219 e. The lowest BCUT2D eigenvalue weighted by atomic mass is 10.4. The third-order valence-corrected chi connectivity index (χ3v) is 3.21. The zero-order chi connectivity index (χ0) is 11.5. The number of ether oxygens (including phenoxy) is 1. The molecule has 80 valence electrons. The van der Waals surface area contributed by atoms with Gasteiger partial charge in [-0.2, -0.15) is 9.64 Å². The molecule has 0 unspecified atom stereocenters. The van der Waals surface area contributed by atoms with Gasteiger partial charge in [0.2, 0.25) is 5.06 Å². The molecule has 0 atom stereocenters. The van der Waals surface area contributed by atoms with Crippen LogP contribution in [-0.2, 0) is 0 Å². The molecule has 2 heterocycles. The number of rotatable bonds is 2. The van der Waals surface area contributed by atoms with E-state index in [1.165, 1.54) is 0 Å². The average Bonchev–Trinajstić information content (AvgIpc) is 2.63. The summed E-state index contributed by atoms with van der Waals surface area (Å²) in [6.45, 7) is 0. The number of hydrogen-bond donors (Lipinski definition) is 0. The number of nitriles is 1. The molecule has 2 aromatic heterocycles. The third-order valence-electron chi connectivity index (χ3n) is 1.64. The van der Waals surface area contributed by atoms with E-state index in [2.05, 4.69) is 25.3 Å². The highest BCUT2D eigenvalue weighted by atomic mass is 79.9. The molecule has 16 heavy (non-hydrogen) atoms. The number of hydrogen-bond acceptors (Lipinski definition) is 5. The smallest absolute Gasteiger partial charge is 0.219 e. The second kappa shape index (κ2) is 4.78. The molecule has 4 nitrogen and oxygen atoms in total. The molecule has 0 aliphatic rings. The van der Waals surface area contributed by atoms with E-state index >= 15 is 0 Å². The Morgan fingerprint density at radius 1 is 1.50 bits per heavy atom. The van der Waals surface area contributed by atoms with Crippen LogP contribution in [0.1, 0.15) is 5.56 Å². The highest BCUT2D eigenvalue weighted by Gasteiger charge is 2.13. The molecule has 0 fully saturated rings. The van der Waals surface area contributed by atoms with E-state index in [0.717, 1.165) is 11.5 Å². The summed E-state index contributed by atoms with van der Waals surface area (Å²) < 4.78 is 9.98. The van der Waals surface area contributed by atoms with E-state index in [4.69, 9.17) is 21.6 Å². The van der Waals surface area contributed by atoms with E-state index < -0.39 is 0 Å². The van der Waals surface area contributed by atoms with Gasteiger partial charge in [0, 0.05) is 11.5 Å². The molecule has 0 saturated heterocycles. The van der Waals surface area contributed by atoms with Crippen molar-refractivity contribution in [1.82, 2.24) is 9.36 Å². The van der Waals surface area contributed by atoms with Crippen molar-refractivity contribution in [2.24, 2.45) is 0 Å². The molecule has 0 aromatic carbocycles. The SMILES string of the molecule is N#Cc1c(Cl)nsc1Oc1ccc(Br)nc1. The summed E-state index contributed by atoms with van der Waals surface area (Å²) in [5, 5.41) is 9.37. The van der Waals surface area contributed by atoms with Crippen LogP contribution in [-0.4, -0.2) is 9.36 Å². The fourth-order valence-electron chi connectivity index (χ4n) is 0.948. The Morgan fingerprint density at radius 3 is 2.94 bits per heavy atom. The molecule has 0 saturated carbocycles. The van der Waals surface area contributed by atoms with Crippen molar-refractivity contribution in [1.29, 1.82) is 5.26 Å². The summed E-state index contributed by atoms with van der Waals surface area (Å²) in [5.41, 5.74) is 0.245. The van der Waals surface area contributed by atoms with Gasteiger partial charge in [0.1, 0.15) is 22.0 Å². The lowest BCUT2D eigenvalue weighted by Gasteiger charge is -2.01. The third kappa shape index (κ3) is 2.32. The van der Waals surface area contributed by atoms with Gasteiger partial charge in [-0.15, -0.1) is 0 Å². The van der Waals surface area contributed by atoms with E-state index in [1.54, 1.807) is 18.3 Å². The Hall–Kier alpha value is -1.16. The zero-order valence-corrected chi connectivity index (χ0v) is 10.8. The molecular formula is C9H3BrClN3OS. The van der Waals surface area contributed by atoms with E-state index in [0.29, 0.717) is 15.4 Å². The van der Waals surface area contributed by atoms with Crippen molar-refractivity contribution in [2.45, 2.75) is 0 Å². The molecule has 0 radical (unpaired) electrons. The Balaban J connectivity index is 2.27. The predicted octanol–water partition coefficient (Wildman–Crippen LogP) is 3.62. The Kier molecular flexibility index (Phi) is 3.39. The second-order valence-electron chi connectivity index (χ2n) is 2.67. The lowest BCUT2D eigenvalue weighted by Crippen LogP contribution is -1.85. The highest BCUT2D eigenvalue weighted by molar-refractivity contribution is 9.10. The molecule has 0 N–H and O–H groups in total. The van der Waals surface area contributed by atoms with Gasteiger partial charge in [-0.25, -0.2) is 4.98 Å². The summed E-state index contributed by atoms with van der Waals surface area (Å²) in [6, 6.07) is 5.40. The molecule has 2 aromatic rings. The van der Waals surface area contributed by atoms with Gasteiger partial charge in [-0.3, -0.25) is 0 Å². The number of nitrogens with zero attached hydrogens (tertiary/aromatic N) is 3. The minimum atomic E-state index is 0.160. The number of pyridine rings is 1. The highest BCUT2D eigenvalue weighted by Crippen LogP contribution is 2.33. The minimum absolute atomic E-state index is 0.160. The van der Waals surface area contributed by atoms with Crippen molar-refractivity contribution in [3.05, 3.63) is 33.6 Å². The fraction of sp³-hybridized carbons (Fsp3) is 0. The standard InChI is InChI=1S/C9H3BrClN3OS/c10-7-2-1-5(4-13-7)15-9-6(3-12)8(11)14-16-9/h1-2,4H. The van der Waals surface area contributed by atoms with Crippen molar-refractivity contribution >= 4 is 39.1 Å². The van der Waals surface area contributed by atoms with Crippen LogP contribution >= 0.6 is 39.1 Å². The van der Waals surface area contributed by atoms with Gasteiger partial charge in [0.05, 0.1) is 6.20 Å². The zero-order valence-electron chi connectivity index (χ0n) is 7.65. The van der Waals surface area contributed by atoms with Crippen LogP contribution in [0.4, 0.5) is 0 Å². The quantitative estimate of drug-likeness (QED) is 0.794. The van der Waals surface area contributed by atoms with E-state index in [1.807, 2.05) is 6.07 Å². The van der Waals surface area contributed by atoms with Gasteiger partial charge >= 0.3 is 0 Å². The summed E-state index contributed by atoms with van der Waals surface area (Å²) >= 11 is 9.96. The van der Waals surface area contributed by atoms with Crippen LogP contribution in [0.15, 0.2) is 22.9 Å². The van der Waals surface area contributed by atoms with E-state index in [9.17, 15) is 0 Å². The van der Waals surface area contributed by atoms with Crippen LogP contribution in [0, 0.1) is 11.3 Å². The van der Waals surface area contributed by atoms with E-state index in [-0.39, 0.29) is 10.7 Å². The molecule has 0 aliphatic heterocycles. The molecule has 7 heteroatoms. The van der Waals surface area contributed by atoms with Crippen LogP contribution in [0.2, 0.25) is 5.15 Å². The summed E-state index contributed by atoms with van der Waals surface area (Å²) in [5.74, 6) is 0.528. The summed E-state index contributed by atoms with van der Waals surface area (Å²) in [6.07, 6.45) is 1.54. The Bertz CT molecular complexity index is 549. The summed E-state index contributed by atoms with van der Waals surface area (Å²) in [7, 11) is 0. The van der Waals surface area contributed by atoms with Crippen LogP contribution < -0.4 is 4.74 Å². The van der Waals surface area contributed by atoms with Gasteiger partial charge in [0.15, 0.2) is 5.15 Å². The van der Waals surface area contributed by atoms with Crippen molar-refractivity contribution in [3.8, 4) is 16.9 Å². The fourth-order valence-corrected chi connectivity index (χ4v) is 2.09.